The second-order valence-electron chi connectivity index (χ2n) is 4.88. The van der Waals surface area contributed by atoms with Gasteiger partial charge in [0.2, 0.25) is 5.91 Å². The average molecular weight is 294 g/mol. The molecule has 5 nitrogen and oxygen atoms in total. The third-order valence-electron chi connectivity index (χ3n) is 3.12. The third-order valence-corrected chi connectivity index (χ3v) is 3.12. The highest BCUT2D eigenvalue weighted by Gasteiger charge is 2.12. The molecule has 0 aliphatic rings. The standard InChI is InChI=1S/C16H26N2O3/c1-20-12-13-21-11-5-10-18-16(19)15(17)9-8-14-6-3-2-4-7-14/h2-4,6-7,15H,5,8-13,17H2,1H3,(H,18,19). The van der Waals surface area contributed by atoms with Gasteiger partial charge in [-0.05, 0) is 24.8 Å². The lowest BCUT2D eigenvalue weighted by molar-refractivity contribution is -0.122. The van der Waals surface area contributed by atoms with E-state index < -0.39 is 6.04 Å². The maximum atomic E-state index is 11.8. The number of rotatable bonds is 11. The fraction of sp³-hybridized carbons (Fsp3) is 0.562. The summed E-state index contributed by atoms with van der Waals surface area (Å²) in [5, 5.41) is 2.83. The smallest absolute Gasteiger partial charge is 0.236 e. The van der Waals surface area contributed by atoms with Gasteiger partial charge in [-0.2, -0.15) is 0 Å². The highest BCUT2D eigenvalue weighted by molar-refractivity contribution is 5.81. The van der Waals surface area contributed by atoms with Crippen molar-refractivity contribution in [2.75, 3.05) is 33.5 Å². The molecule has 3 N–H and O–H groups in total. The zero-order valence-electron chi connectivity index (χ0n) is 12.7. The van der Waals surface area contributed by atoms with Crippen molar-refractivity contribution in [3.05, 3.63) is 35.9 Å². The monoisotopic (exact) mass is 294 g/mol. The molecule has 1 unspecified atom stereocenters. The summed E-state index contributed by atoms with van der Waals surface area (Å²) in [6.07, 6.45) is 2.25. The summed E-state index contributed by atoms with van der Waals surface area (Å²) in [6, 6.07) is 9.59. The number of ether oxygens (including phenoxy) is 2. The normalized spacial score (nSPS) is 12.1. The summed E-state index contributed by atoms with van der Waals surface area (Å²) < 4.78 is 10.2. The van der Waals surface area contributed by atoms with Crippen LogP contribution in [0.25, 0.3) is 0 Å². The number of carbonyl (C=O) groups excluding carboxylic acids is 1. The number of methoxy groups -OCH3 is 1. The molecule has 0 saturated heterocycles. The molecule has 0 aliphatic carbocycles. The third kappa shape index (κ3) is 8.45. The number of hydrogen-bond donors (Lipinski definition) is 2. The van der Waals surface area contributed by atoms with E-state index >= 15 is 0 Å². The van der Waals surface area contributed by atoms with Crippen molar-refractivity contribution < 1.29 is 14.3 Å². The van der Waals surface area contributed by atoms with Crippen LogP contribution in [0, 0.1) is 0 Å². The first kappa shape index (κ1) is 17.6. The Morgan fingerprint density at radius 2 is 2.00 bits per heavy atom. The Labute approximate surface area is 126 Å². The van der Waals surface area contributed by atoms with Crippen LogP contribution in [0.15, 0.2) is 30.3 Å². The molecule has 0 radical (unpaired) electrons. The van der Waals surface area contributed by atoms with Crippen LogP contribution in [0.2, 0.25) is 0 Å². The van der Waals surface area contributed by atoms with E-state index in [-0.39, 0.29) is 5.91 Å². The highest BCUT2D eigenvalue weighted by Crippen LogP contribution is 2.04. The molecule has 0 aliphatic heterocycles. The molecular weight excluding hydrogens is 268 g/mol. The topological polar surface area (TPSA) is 73.6 Å². The lowest BCUT2D eigenvalue weighted by Gasteiger charge is -2.12. The predicted molar refractivity (Wildman–Crippen MR) is 83.1 cm³/mol. The molecule has 1 rings (SSSR count). The fourth-order valence-corrected chi connectivity index (χ4v) is 1.86. The number of nitrogens with two attached hydrogens (primary N) is 1. The van der Waals surface area contributed by atoms with Crippen LogP contribution in [-0.2, 0) is 20.7 Å². The van der Waals surface area contributed by atoms with E-state index in [1.54, 1.807) is 7.11 Å². The molecule has 21 heavy (non-hydrogen) atoms. The SMILES string of the molecule is COCCOCCCNC(=O)C(N)CCc1ccccc1. The Morgan fingerprint density at radius 3 is 2.71 bits per heavy atom. The average Bonchev–Trinajstić information content (AvgIpc) is 2.52. The van der Waals surface area contributed by atoms with E-state index in [4.69, 9.17) is 15.2 Å². The van der Waals surface area contributed by atoms with Gasteiger partial charge in [-0.15, -0.1) is 0 Å². The molecule has 0 saturated carbocycles. The molecule has 0 heterocycles. The van der Waals surface area contributed by atoms with Gasteiger partial charge in [0.15, 0.2) is 0 Å². The maximum Gasteiger partial charge on any atom is 0.236 e. The molecule has 0 fully saturated rings. The molecule has 1 aromatic carbocycles. The van der Waals surface area contributed by atoms with Gasteiger partial charge in [-0.25, -0.2) is 0 Å². The van der Waals surface area contributed by atoms with Crippen LogP contribution >= 0.6 is 0 Å². The molecule has 0 spiro atoms. The first-order chi connectivity index (χ1) is 10.2. The zero-order valence-corrected chi connectivity index (χ0v) is 12.7. The van der Waals surface area contributed by atoms with Crippen LogP contribution < -0.4 is 11.1 Å². The first-order valence-electron chi connectivity index (χ1n) is 7.38. The first-order valence-corrected chi connectivity index (χ1v) is 7.38. The van der Waals surface area contributed by atoms with Crippen molar-refractivity contribution in [3.63, 3.8) is 0 Å². The summed E-state index contributed by atoms with van der Waals surface area (Å²) in [5.74, 6) is -0.0946. The molecule has 1 aromatic rings. The number of nitrogens with one attached hydrogen (secondary N) is 1. The Balaban J connectivity index is 2.06. The molecule has 1 amide bonds. The molecule has 0 bridgehead atoms. The van der Waals surface area contributed by atoms with E-state index in [9.17, 15) is 4.79 Å². The minimum absolute atomic E-state index is 0.0946. The van der Waals surface area contributed by atoms with Gasteiger partial charge in [0.1, 0.15) is 0 Å². The number of benzene rings is 1. The van der Waals surface area contributed by atoms with Crippen LogP contribution in [0.5, 0.6) is 0 Å². The van der Waals surface area contributed by atoms with Gasteiger partial charge >= 0.3 is 0 Å². The zero-order chi connectivity index (χ0) is 15.3. The van der Waals surface area contributed by atoms with Gasteiger partial charge in [0.05, 0.1) is 19.3 Å². The largest absolute Gasteiger partial charge is 0.382 e. The van der Waals surface area contributed by atoms with Gasteiger partial charge in [0, 0.05) is 20.3 Å². The molecule has 1 atom stereocenters. The van der Waals surface area contributed by atoms with Crippen molar-refractivity contribution in [2.45, 2.75) is 25.3 Å². The fourth-order valence-electron chi connectivity index (χ4n) is 1.86. The van der Waals surface area contributed by atoms with E-state index in [0.29, 0.717) is 32.8 Å². The number of amides is 1. The second kappa shape index (κ2) is 11.3. The van der Waals surface area contributed by atoms with Crippen molar-refractivity contribution in [1.82, 2.24) is 5.32 Å². The Hall–Kier alpha value is -1.43. The molecule has 118 valence electrons. The van der Waals surface area contributed by atoms with Crippen LogP contribution in [0.1, 0.15) is 18.4 Å². The molecule has 5 heteroatoms. The minimum Gasteiger partial charge on any atom is -0.382 e. The molecule has 0 aromatic heterocycles. The summed E-state index contributed by atoms with van der Waals surface area (Å²) in [7, 11) is 1.64. The lowest BCUT2D eigenvalue weighted by atomic mass is 10.1. The summed E-state index contributed by atoms with van der Waals surface area (Å²) in [6.45, 7) is 2.38. The van der Waals surface area contributed by atoms with E-state index in [1.807, 2.05) is 30.3 Å². The van der Waals surface area contributed by atoms with Crippen molar-refractivity contribution in [1.29, 1.82) is 0 Å². The predicted octanol–water partition coefficient (Wildman–Crippen LogP) is 1.12. The molecular formula is C16H26N2O3. The van der Waals surface area contributed by atoms with Gasteiger partial charge in [-0.3, -0.25) is 4.79 Å². The highest BCUT2D eigenvalue weighted by atomic mass is 16.5. The van der Waals surface area contributed by atoms with Crippen LogP contribution in [0.3, 0.4) is 0 Å². The number of hydrogen-bond acceptors (Lipinski definition) is 4. The van der Waals surface area contributed by atoms with Gasteiger partial charge in [0.25, 0.3) is 0 Å². The van der Waals surface area contributed by atoms with Crippen LogP contribution in [0.4, 0.5) is 0 Å². The Bertz CT molecular complexity index is 384. The van der Waals surface area contributed by atoms with E-state index in [1.165, 1.54) is 5.56 Å². The quantitative estimate of drug-likeness (QED) is 0.600. The van der Waals surface area contributed by atoms with Gasteiger partial charge < -0.3 is 20.5 Å². The van der Waals surface area contributed by atoms with E-state index in [2.05, 4.69) is 5.32 Å². The van der Waals surface area contributed by atoms with Crippen molar-refractivity contribution in [2.24, 2.45) is 5.73 Å². The number of carbonyl (C=O) groups is 1. The minimum atomic E-state index is -0.459. The summed E-state index contributed by atoms with van der Waals surface area (Å²) >= 11 is 0. The second-order valence-corrected chi connectivity index (χ2v) is 4.88. The number of aryl methyl sites for hydroxylation is 1. The summed E-state index contributed by atoms with van der Waals surface area (Å²) in [4.78, 5) is 11.8. The van der Waals surface area contributed by atoms with Crippen molar-refractivity contribution >= 4 is 5.91 Å². The van der Waals surface area contributed by atoms with Gasteiger partial charge in [-0.1, -0.05) is 30.3 Å². The van der Waals surface area contributed by atoms with Crippen molar-refractivity contribution in [3.8, 4) is 0 Å². The van der Waals surface area contributed by atoms with Crippen LogP contribution in [-0.4, -0.2) is 45.4 Å². The maximum absolute atomic E-state index is 11.8. The summed E-state index contributed by atoms with van der Waals surface area (Å²) in [5.41, 5.74) is 7.09. The lowest BCUT2D eigenvalue weighted by Crippen LogP contribution is -2.41. The van der Waals surface area contributed by atoms with E-state index in [0.717, 1.165) is 12.8 Å². The Kier molecular flexibility index (Phi) is 9.44. The Morgan fingerprint density at radius 1 is 1.24 bits per heavy atom.